The first-order valence-corrected chi connectivity index (χ1v) is 7.89. The average molecular weight is 296 g/mol. The second-order valence-electron chi connectivity index (χ2n) is 6.05. The van der Waals surface area contributed by atoms with E-state index in [4.69, 9.17) is 5.73 Å². The van der Waals surface area contributed by atoms with Gasteiger partial charge in [-0.1, -0.05) is 72.8 Å². The number of nitrogen functional groups attached to an aromatic ring is 1. The van der Waals surface area contributed by atoms with Crippen LogP contribution in [0.1, 0.15) is 17.2 Å². The van der Waals surface area contributed by atoms with E-state index in [1.54, 1.807) is 0 Å². The standard InChI is InChI=1S/C21H16N2/c22-19-17-12-6-7-13-18(17)23-20(14-8-2-1-3-9-14)15-10-4-5-11-16(15)21(19)23/h1-13,20H,22H2. The molecule has 2 heteroatoms. The first kappa shape index (κ1) is 12.5. The Labute approximate surface area is 134 Å². The molecule has 0 aliphatic carbocycles. The minimum atomic E-state index is 0.185. The summed E-state index contributed by atoms with van der Waals surface area (Å²) in [6.07, 6.45) is 0. The quantitative estimate of drug-likeness (QED) is 0.471. The lowest BCUT2D eigenvalue weighted by Gasteiger charge is -2.17. The maximum absolute atomic E-state index is 6.52. The number of rotatable bonds is 1. The first-order valence-electron chi connectivity index (χ1n) is 7.89. The van der Waals surface area contributed by atoms with Gasteiger partial charge in [-0.3, -0.25) is 0 Å². The molecule has 1 atom stereocenters. The fourth-order valence-corrected chi connectivity index (χ4v) is 3.89. The Balaban J connectivity index is 1.93. The zero-order chi connectivity index (χ0) is 15.4. The number of nitrogens with two attached hydrogens (primary N) is 1. The maximum atomic E-state index is 6.52. The van der Waals surface area contributed by atoms with Crippen molar-refractivity contribution in [3.63, 3.8) is 0 Å². The summed E-state index contributed by atoms with van der Waals surface area (Å²) in [5.41, 5.74) is 13.6. The molecule has 1 unspecified atom stereocenters. The zero-order valence-corrected chi connectivity index (χ0v) is 12.6. The molecule has 0 amide bonds. The largest absolute Gasteiger partial charge is 0.396 e. The Kier molecular flexibility index (Phi) is 2.45. The summed E-state index contributed by atoms with van der Waals surface area (Å²) >= 11 is 0. The van der Waals surface area contributed by atoms with Crippen LogP contribution in [-0.4, -0.2) is 4.57 Å². The van der Waals surface area contributed by atoms with Crippen LogP contribution in [0.4, 0.5) is 5.69 Å². The number of nitrogens with zero attached hydrogens (tertiary/aromatic N) is 1. The lowest BCUT2D eigenvalue weighted by atomic mass is 9.96. The number of fused-ring (bicyclic) bond motifs is 5. The van der Waals surface area contributed by atoms with Gasteiger partial charge in [-0.05, 0) is 17.2 Å². The van der Waals surface area contributed by atoms with Gasteiger partial charge < -0.3 is 10.3 Å². The molecule has 1 aromatic heterocycles. The van der Waals surface area contributed by atoms with E-state index in [1.165, 1.54) is 22.2 Å². The van der Waals surface area contributed by atoms with Crippen molar-refractivity contribution >= 4 is 16.6 Å². The van der Waals surface area contributed by atoms with Crippen molar-refractivity contribution in [3.8, 4) is 11.3 Å². The van der Waals surface area contributed by atoms with Gasteiger partial charge in [0.25, 0.3) is 0 Å². The molecule has 0 spiro atoms. The van der Waals surface area contributed by atoms with E-state index < -0.39 is 0 Å². The van der Waals surface area contributed by atoms with Crippen LogP contribution in [0.15, 0.2) is 78.9 Å². The molecule has 2 N–H and O–H groups in total. The maximum Gasteiger partial charge on any atom is 0.0852 e. The van der Waals surface area contributed by atoms with Crippen LogP contribution in [-0.2, 0) is 0 Å². The molecule has 1 aliphatic rings. The number of hydrogen-bond donors (Lipinski definition) is 1. The fraction of sp³-hybridized carbons (Fsp3) is 0.0476. The van der Waals surface area contributed by atoms with Crippen LogP contribution in [0.3, 0.4) is 0 Å². The molecule has 2 heterocycles. The van der Waals surface area contributed by atoms with Gasteiger partial charge in [-0.25, -0.2) is 0 Å². The van der Waals surface area contributed by atoms with Crippen molar-refractivity contribution in [2.24, 2.45) is 0 Å². The lowest BCUT2D eigenvalue weighted by Crippen LogP contribution is -2.07. The van der Waals surface area contributed by atoms with Crippen LogP contribution in [0.2, 0.25) is 0 Å². The molecule has 110 valence electrons. The number of benzene rings is 3. The van der Waals surface area contributed by atoms with Crippen LogP contribution >= 0.6 is 0 Å². The Morgan fingerprint density at radius 2 is 1.43 bits per heavy atom. The summed E-state index contributed by atoms with van der Waals surface area (Å²) < 4.78 is 2.39. The van der Waals surface area contributed by atoms with E-state index in [2.05, 4.69) is 83.4 Å². The summed E-state index contributed by atoms with van der Waals surface area (Å²) in [5.74, 6) is 0. The Bertz CT molecular complexity index is 1030. The van der Waals surface area contributed by atoms with E-state index in [9.17, 15) is 0 Å². The first-order chi connectivity index (χ1) is 11.4. The smallest absolute Gasteiger partial charge is 0.0852 e. The highest BCUT2D eigenvalue weighted by Crippen LogP contribution is 2.49. The lowest BCUT2D eigenvalue weighted by molar-refractivity contribution is 0.743. The molecule has 0 saturated heterocycles. The third kappa shape index (κ3) is 1.58. The van der Waals surface area contributed by atoms with Crippen LogP contribution in [0.25, 0.3) is 22.2 Å². The molecule has 4 aromatic rings. The third-order valence-electron chi connectivity index (χ3n) is 4.83. The molecular weight excluding hydrogens is 280 g/mol. The van der Waals surface area contributed by atoms with Crippen LogP contribution in [0.5, 0.6) is 0 Å². The van der Waals surface area contributed by atoms with E-state index in [0.717, 1.165) is 16.8 Å². The third-order valence-corrected chi connectivity index (χ3v) is 4.83. The Morgan fingerprint density at radius 3 is 2.30 bits per heavy atom. The van der Waals surface area contributed by atoms with Crippen LogP contribution < -0.4 is 5.73 Å². The number of para-hydroxylation sites is 1. The molecule has 0 fully saturated rings. The van der Waals surface area contributed by atoms with Gasteiger partial charge in [0.1, 0.15) is 0 Å². The van der Waals surface area contributed by atoms with Gasteiger partial charge in [-0.2, -0.15) is 0 Å². The highest BCUT2D eigenvalue weighted by atomic mass is 15.1. The normalized spacial score (nSPS) is 15.6. The van der Waals surface area contributed by atoms with Crippen molar-refractivity contribution < 1.29 is 0 Å². The van der Waals surface area contributed by atoms with Gasteiger partial charge in [0.2, 0.25) is 0 Å². The summed E-state index contributed by atoms with van der Waals surface area (Å²) in [5, 5.41) is 1.14. The molecule has 0 bridgehead atoms. The van der Waals surface area contributed by atoms with Crippen LogP contribution in [0, 0.1) is 0 Å². The SMILES string of the molecule is Nc1c2n(c3ccccc13)C(c1ccccc1)c1ccccc1-2. The van der Waals surface area contributed by atoms with Crippen molar-refractivity contribution in [2.45, 2.75) is 6.04 Å². The van der Waals surface area contributed by atoms with Crippen molar-refractivity contribution in [3.05, 3.63) is 90.0 Å². The van der Waals surface area contributed by atoms with Crippen molar-refractivity contribution in [2.75, 3.05) is 5.73 Å². The number of anilines is 1. The predicted octanol–water partition coefficient (Wildman–Crippen LogP) is 4.84. The van der Waals surface area contributed by atoms with E-state index in [1.807, 2.05) is 0 Å². The summed E-state index contributed by atoms with van der Waals surface area (Å²) in [4.78, 5) is 0. The zero-order valence-electron chi connectivity index (χ0n) is 12.6. The summed E-state index contributed by atoms with van der Waals surface area (Å²) in [7, 11) is 0. The highest BCUT2D eigenvalue weighted by molar-refractivity contribution is 6.03. The second-order valence-corrected chi connectivity index (χ2v) is 6.05. The molecule has 23 heavy (non-hydrogen) atoms. The van der Waals surface area contributed by atoms with E-state index >= 15 is 0 Å². The van der Waals surface area contributed by atoms with Gasteiger partial charge in [0.15, 0.2) is 0 Å². The molecule has 2 nitrogen and oxygen atoms in total. The second kappa shape index (κ2) is 4.50. The topological polar surface area (TPSA) is 30.9 Å². The minimum absolute atomic E-state index is 0.185. The molecular formula is C21H16N2. The van der Waals surface area contributed by atoms with Crippen molar-refractivity contribution in [1.82, 2.24) is 4.57 Å². The molecule has 0 saturated carbocycles. The van der Waals surface area contributed by atoms with Gasteiger partial charge >= 0.3 is 0 Å². The minimum Gasteiger partial charge on any atom is -0.396 e. The molecule has 1 aliphatic heterocycles. The number of hydrogen-bond acceptors (Lipinski definition) is 1. The molecule has 5 rings (SSSR count). The summed E-state index contributed by atoms with van der Waals surface area (Å²) in [6.45, 7) is 0. The van der Waals surface area contributed by atoms with E-state index in [0.29, 0.717) is 0 Å². The van der Waals surface area contributed by atoms with Gasteiger partial charge in [0.05, 0.1) is 22.9 Å². The Hall–Kier alpha value is -3.00. The van der Waals surface area contributed by atoms with E-state index in [-0.39, 0.29) is 6.04 Å². The Morgan fingerprint density at radius 1 is 0.739 bits per heavy atom. The van der Waals surface area contributed by atoms with Gasteiger partial charge in [0, 0.05) is 10.9 Å². The monoisotopic (exact) mass is 296 g/mol. The van der Waals surface area contributed by atoms with Crippen molar-refractivity contribution in [1.29, 1.82) is 0 Å². The fourth-order valence-electron chi connectivity index (χ4n) is 3.89. The summed E-state index contributed by atoms with van der Waals surface area (Å²) in [6, 6.07) is 27.9. The number of aromatic nitrogens is 1. The molecule has 3 aromatic carbocycles. The average Bonchev–Trinajstić information content (AvgIpc) is 3.10. The van der Waals surface area contributed by atoms with Gasteiger partial charge in [-0.15, -0.1) is 0 Å². The highest BCUT2D eigenvalue weighted by Gasteiger charge is 2.33. The molecule has 0 radical (unpaired) electrons. The predicted molar refractivity (Wildman–Crippen MR) is 95.5 cm³/mol.